The summed E-state index contributed by atoms with van der Waals surface area (Å²) in [4.78, 5) is 2.35. The minimum absolute atomic E-state index is 0.00875. The highest BCUT2D eigenvalue weighted by molar-refractivity contribution is 7.88. The molecule has 25 heavy (non-hydrogen) atoms. The number of likely N-dealkylation sites (tertiary alicyclic amines) is 1. The van der Waals surface area contributed by atoms with Crippen molar-refractivity contribution < 1.29 is 12.8 Å². The number of rotatable bonds is 4. The maximum absolute atomic E-state index is 12.4. The molecule has 2 aromatic rings. The first-order valence-corrected chi connectivity index (χ1v) is 10.6. The molecule has 1 aromatic carbocycles. The van der Waals surface area contributed by atoms with Crippen molar-refractivity contribution in [2.75, 3.05) is 25.9 Å². The van der Waals surface area contributed by atoms with E-state index in [1.807, 2.05) is 12.1 Å². The Kier molecular flexibility index (Phi) is 4.22. The normalized spacial score (nSPS) is 28.1. The van der Waals surface area contributed by atoms with Crippen LogP contribution in [0.25, 0.3) is 0 Å². The van der Waals surface area contributed by atoms with Crippen molar-refractivity contribution >= 4 is 10.0 Å². The molecule has 6 heteroatoms. The van der Waals surface area contributed by atoms with Crippen LogP contribution in [0.15, 0.2) is 53.3 Å². The van der Waals surface area contributed by atoms with Crippen LogP contribution >= 0.6 is 0 Å². The average Bonchev–Trinajstić information content (AvgIpc) is 3.23. The highest BCUT2D eigenvalue weighted by Crippen LogP contribution is 2.46. The minimum atomic E-state index is -3.22. The van der Waals surface area contributed by atoms with E-state index in [-0.39, 0.29) is 11.5 Å². The van der Waals surface area contributed by atoms with Crippen LogP contribution in [0.2, 0.25) is 0 Å². The zero-order valence-corrected chi connectivity index (χ0v) is 15.3. The van der Waals surface area contributed by atoms with Crippen LogP contribution in [0.5, 0.6) is 0 Å². The van der Waals surface area contributed by atoms with Crippen molar-refractivity contribution in [3.05, 3.63) is 60.1 Å². The first-order valence-electron chi connectivity index (χ1n) is 8.75. The van der Waals surface area contributed by atoms with Crippen LogP contribution in [-0.2, 0) is 22.0 Å². The summed E-state index contributed by atoms with van der Waals surface area (Å²) in [6.07, 6.45) is 6.66. The van der Waals surface area contributed by atoms with Crippen molar-refractivity contribution in [2.45, 2.75) is 30.8 Å². The molecule has 0 bridgehead atoms. The van der Waals surface area contributed by atoms with Crippen molar-refractivity contribution in [2.24, 2.45) is 0 Å². The average molecular weight is 360 g/mol. The summed E-state index contributed by atoms with van der Waals surface area (Å²) < 4.78 is 31.7. The zero-order valence-electron chi connectivity index (χ0n) is 14.5. The van der Waals surface area contributed by atoms with Gasteiger partial charge in [-0.2, -0.15) is 4.31 Å². The molecular weight excluding hydrogens is 336 g/mol. The maximum atomic E-state index is 12.4. The fourth-order valence-electron chi connectivity index (χ4n) is 4.59. The second kappa shape index (κ2) is 6.27. The van der Waals surface area contributed by atoms with E-state index in [0.29, 0.717) is 6.54 Å². The van der Waals surface area contributed by atoms with Gasteiger partial charge in [0.25, 0.3) is 0 Å². The molecule has 0 aliphatic carbocycles. The van der Waals surface area contributed by atoms with Crippen molar-refractivity contribution in [3.8, 4) is 0 Å². The Bertz CT molecular complexity index is 820. The van der Waals surface area contributed by atoms with Crippen LogP contribution in [0.4, 0.5) is 0 Å². The summed E-state index contributed by atoms with van der Waals surface area (Å²) in [6, 6.07) is 12.4. The second-order valence-corrected chi connectivity index (χ2v) is 9.21. The van der Waals surface area contributed by atoms with Gasteiger partial charge in [-0.25, -0.2) is 8.42 Å². The second-order valence-electron chi connectivity index (χ2n) is 7.28. The number of sulfonamides is 1. The van der Waals surface area contributed by atoms with E-state index in [2.05, 4.69) is 29.2 Å². The van der Waals surface area contributed by atoms with Crippen molar-refractivity contribution in [1.29, 1.82) is 0 Å². The first kappa shape index (κ1) is 16.8. The Morgan fingerprint density at radius 3 is 2.60 bits per heavy atom. The zero-order chi connectivity index (χ0) is 17.5. The van der Waals surface area contributed by atoms with Gasteiger partial charge < -0.3 is 4.42 Å². The molecule has 2 saturated heterocycles. The van der Waals surface area contributed by atoms with E-state index in [0.717, 1.165) is 38.0 Å². The van der Waals surface area contributed by atoms with Gasteiger partial charge in [-0.3, -0.25) is 4.90 Å². The molecular formula is C19H24N2O3S. The summed E-state index contributed by atoms with van der Waals surface area (Å²) in [7, 11) is -3.22. The molecule has 3 heterocycles. The molecule has 0 amide bonds. The SMILES string of the molecule is CS(=O)(=O)N1CCC2(c3ccccc3)CCN(Cc3ccoc3)CC12. The molecule has 134 valence electrons. The van der Waals surface area contributed by atoms with Gasteiger partial charge in [-0.15, -0.1) is 0 Å². The molecule has 1 aromatic heterocycles. The standard InChI is InChI=1S/C19H24N2O3S/c1-25(22,23)21-11-9-19(17-5-3-2-4-6-17)8-10-20(14-18(19)21)13-16-7-12-24-15-16/h2-7,12,15,18H,8-11,13-14H2,1H3. The van der Waals surface area contributed by atoms with Crippen molar-refractivity contribution in [3.63, 3.8) is 0 Å². The molecule has 2 fully saturated rings. The highest BCUT2D eigenvalue weighted by atomic mass is 32.2. The summed E-state index contributed by atoms with van der Waals surface area (Å²) in [5.74, 6) is 0. The summed E-state index contributed by atoms with van der Waals surface area (Å²) in [5, 5.41) is 0. The van der Waals surface area contributed by atoms with E-state index in [4.69, 9.17) is 4.42 Å². The number of nitrogens with zero attached hydrogens (tertiary/aromatic N) is 2. The Morgan fingerprint density at radius 1 is 1.16 bits per heavy atom. The van der Waals surface area contributed by atoms with Gasteiger partial charge in [-0.1, -0.05) is 30.3 Å². The van der Waals surface area contributed by atoms with E-state index >= 15 is 0 Å². The van der Waals surface area contributed by atoms with E-state index in [1.54, 1.807) is 16.8 Å². The fourth-order valence-corrected chi connectivity index (χ4v) is 5.74. The van der Waals surface area contributed by atoms with Gasteiger partial charge in [0.1, 0.15) is 0 Å². The Hall–Kier alpha value is -1.63. The lowest BCUT2D eigenvalue weighted by Crippen LogP contribution is -2.56. The van der Waals surface area contributed by atoms with E-state index in [9.17, 15) is 8.42 Å². The molecule has 0 saturated carbocycles. The van der Waals surface area contributed by atoms with Gasteiger partial charge in [0.15, 0.2) is 0 Å². The Labute approximate surface area is 149 Å². The molecule has 2 unspecified atom stereocenters. The smallest absolute Gasteiger partial charge is 0.211 e. The highest BCUT2D eigenvalue weighted by Gasteiger charge is 2.53. The van der Waals surface area contributed by atoms with Crippen LogP contribution < -0.4 is 0 Å². The largest absolute Gasteiger partial charge is 0.472 e. The Morgan fingerprint density at radius 2 is 1.92 bits per heavy atom. The van der Waals surface area contributed by atoms with Gasteiger partial charge >= 0.3 is 0 Å². The molecule has 4 rings (SSSR count). The van der Waals surface area contributed by atoms with Gasteiger partial charge in [0.2, 0.25) is 10.0 Å². The number of piperidine rings is 1. The van der Waals surface area contributed by atoms with Crippen molar-refractivity contribution in [1.82, 2.24) is 9.21 Å². The lowest BCUT2D eigenvalue weighted by molar-refractivity contribution is 0.110. The summed E-state index contributed by atoms with van der Waals surface area (Å²) >= 11 is 0. The summed E-state index contributed by atoms with van der Waals surface area (Å²) in [5.41, 5.74) is 2.34. The molecule has 0 spiro atoms. The molecule has 0 N–H and O–H groups in total. The van der Waals surface area contributed by atoms with E-state index in [1.165, 1.54) is 11.8 Å². The fraction of sp³-hybridized carbons (Fsp3) is 0.474. The molecule has 5 nitrogen and oxygen atoms in total. The minimum Gasteiger partial charge on any atom is -0.472 e. The number of fused-ring (bicyclic) bond motifs is 1. The first-order chi connectivity index (χ1) is 12.0. The van der Waals surface area contributed by atoms with Crippen LogP contribution in [0, 0.1) is 0 Å². The maximum Gasteiger partial charge on any atom is 0.211 e. The van der Waals surface area contributed by atoms with E-state index < -0.39 is 10.0 Å². The monoisotopic (exact) mass is 360 g/mol. The predicted octanol–water partition coefficient (Wildman–Crippen LogP) is 2.46. The third-order valence-corrected chi connectivity index (χ3v) is 7.12. The molecule has 2 atom stereocenters. The third-order valence-electron chi connectivity index (χ3n) is 5.83. The van der Waals surface area contributed by atoms with Crippen LogP contribution in [0.1, 0.15) is 24.0 Å². The van der Waals surface area contributed by atoms with Gasteiger partial charge in [0.05, 0.1) is 18.8 Å². The third kappa shape index (κ3) is 3.03. The summed E-state index contributed by atoms with van der Waals surface area (Å²) in [6.45, 7) is 3.13. The molecule has 2 aliphatic rings. The quantitative estimate of drug-likeness (QED) is 0.840. The predicted molar refractivity (Wildman–Crippen MR) is 96.7 cm³/mol. The number of hydrogen-bond donors (Lipinski definition) is 0. The van der Waals surface area contributed by atoms with Crippen LogP contribution in [-0.4, -0.2) is 49.6 Å². The van der Waals surface area contributed by atoms with Crippen LogP contribution in [0.3, 0.4) is 0 Å². The Balaban J connectivity index is 1.66. The van der Waals surface area contributed by atoms with Gasteiger partial charge in [0, 0.05) is 36.7 Å². The van der Waals surface area contributed by atoms with Gasteiger partial charge in [-0.05, 0) is 31.0 Å². The lowest BCUT2D eigenvalue weighted by Gasteiger charge is -2.46. The number of hydrogen-bond acceptors (Lipinski definition) is 4. The number of benzene rings is 1. The number of furan rings is 1. The topological polar surface area (TPSA) is 53.8 Å². The molecule has 2 aliphatic heterocycles. The molecule has 0 radical (unpaired) electrons. The lowest BCUT2D eigenvalue weighted by atomic mass is 9.69.